The van der Waals surface area contributed by atoms with E-state index in [-0.39, 0.29) is 6.10 Å². The first-order valence-corrected chi connectivity index (χ1v) is 5.04. The second-order valence-corrected chi connectivity index (χ2v) is 3.12. The van der Waals surface area contributed by atoms with Gasteiger partial charge >= 0.3 is 0 Å². The fraction of sp³-hybridized carbons (Fsp3) is 0.500. The molecule has 0 aliphatic carbocycles. The van der Waals surface area contributed by atoms with Crippen molar-refractivity contribution in [2.24, 2.45) is 0 Å². The van der Waals surface area contributed by atoms with Gasteiger partial charge in [0, 0.05) is 26.7 Å². The van der Waals surface area contributed by atoms with Crippen molar-refractivity contribution < 1.29 is 9.47 Å². The summed E-state index contributed by atoms with van der Waals surface area (Å²) in [5.74, 6) is 0. The van der Waals surface area contributed by atoms with Gasteiger partial charge in [-0.1, -0.05) is 30.3 Å². The van der Waals surface area contributed by atoms with E-state index in [1.165, 1.54) is 5.56 Å². The predicted octanol–water partition coefficient (Wildman–Crippen LogP) is 2.80. The molecule has 0 radical (unpaired) electrons. The fourth-order valence-electron chi connectivity index (χ4n) is 1.42. The van der Waals surface area contributed by atoms with Gasteiger partial charge in [0.1, 0.15) is 0 Å². The third kappa shape index (κ3) is 3.48. The van der Waals surface area contributed by atoms with Crippen LogP contribution in [-0.4, -0.2) is 20.3 Å². The Labute approximate surface area is 85.8 Å². The van der Waals surface area contributed by atoms with E-state index in [1.54, 1.807) is 7.11 Å². The molecule has 2 heteroatoms. The highest BCUT2D eigenvalue weighted by Gasteiger charge is 2.08. The smallest absolute Gasteiger partial charge is 0.0843 e. The fourth-order valence-corrected chi connectivity index (χ4v) is 1.42. The van der Waals surface area contributed by atoms with Crippen LogP contribution in [-0.2, 0) is 9.47 Å². The minimum absolute atomic E-state index is 0.155. The molecule has 1 rings (SSSR count). The minimum atomic E-state index is 0.155. The van der Waals surface area contributed by atoms with Gasteiger partial charge in [-0.15, -0.1) is 0 Å². The van der Waals surface area contributed by atoms with E-state index in [0.29, 0.717) is 0 Å². The molecule has 0 heterocycles. The molecule has 0 spiro atoms. The molecular weight excluding hydrogens is 176 g/mol. The quantitative estimate of drug-likeness (QED) is 0.648. The van der Waals surface area contributed by atoms with Crippen molar-refractivity contribution in [3.05, 3.63) is 35.9 Å². The summed E-state index contributed by atoms with van der Waals surface area (Å²) in [4.78, 5) is 0. The highest BCUT2D eigenvalue weighted by molar-refractivity contribution is 5.17. The molecule has 0 saturated heterocycles. The van der Waals surface area contributed by atoms with Crippen LogP contribution in [0.3, 0.4) is 0 Å². The van der Waals surface area contributed by atoms with Crippen LogP contribution in [0.2, 0.25) is 0 Å². The SMILES string of the molecule is CCOCC[C@H](OC)c1ccccc1. The Bertz CT molecular complexity index is 233. The Morgan fingerprint density at radius 2 is 1.93 bits per heavy atom. The summed E-state index contributed by atoms with van der Waals surface area (Å²) in [7, 11) is 1.74. The summed E-state index contributed by atoms with van der Waals surface area (Å²) < 4.78 is 10.7. The van der Waals surface area contributed by atoms with Crippen molar-refractivity contribution in [1.82, 2.24) is 0 Å². The number of methoxy groups -OCH3 is 1. The Morgan fingerprint density at radius 1 is 1.21 bits per heavy atom. The molecule has 0 fully saturated rings. The summed E-state index contributed by atoms with van der Waals surface area (Å²) in [5, 5.41) is 0. The number of rotatable bonds is 6. The monoisotopic (exact) mass is 194 g/mol. The van der Waals surface area contributed by atoms with E-state index in [1.807, 2.05) is 25.1 Å². The first-order chi connectivity index (χ1) is 6.88. The summed E-state index contributed by atoms with van der Waals surface area (Å²) in [6.07, 6.45) is 1.07. The maximum absolute atomic E-state index is 5.40. The molecule has 0 aliphatic heterocycles. The predicted molar refractivity (Wildman–Crippen MR) is 57.3 cm³/mol. The van der Waals surface area contributed by atoms with E-state index in [9.17, 15) is 0 Å². The second kappa shape index (κ2) is 6.57. The number of hydrogen-bond acceptors (Lipinski definition) is 2. The minimum Gasteiger partial charge on any atom is -0.382 e. The third-order valence-electron chi connectivity index (χ3n) is 2.18. The molecule has 14 heavy (non-hydrogen) atoms. The Hall–Kier alpha value is -0.860. The summed E-state index contributed by atoms with van der Waals surface area (Å²) in [6, 6.07) is 10.2. The Balaban J connectivity index is 2.46. The normalized spacial score (nSPS) is 12.7. The van der Waals surface area contributed by atoms with Crippen molar-refractivity contribution in [2.45, 2.75) is 19.4 Å². The number of hydrogen-bond donors (Lipinski definition) is 0. The maximum atomic E-state index is 5.40. The molecule has 2 nitrogen and oxygen atoms in total. The lowest BCUT2D eigenvalue weighted by Gasteiger charge is -2.15. The van der Waals surface area contributed by atoms with Gasteiger partial charge in [0.2, 0.25) is 0 Å². The molecular formula is C12H18O2. The molecule has 1 aromatic rings. The highest BCUT2D eigenvalue weighted by atomic mass is 16.5. The van der Waals surface area contributed by atoms with Crippen LogP contribution in [0.15, 0.2) is 30.3 Å². The van der Waals surface area contributed by atoms with E-state index in [4.69, 9.17) is 9.47 Å². The van der Waals surface area contributed by atoms with Crippen molar-refractivity contribution in [1.29, 1.82) is 0 Å². The van der Waals surface area contributed by atoms with Gasteiger partial charge in [-0.3, -0.25) is 0 Å². The lowest BCUT2D eigenvalue weighted by molar-refractivity contribution is 0.0549. The zero-order valence-corrected chi connectivity index (χ0v) is 8.90. The second-order valence-electron chi connectivity index (χ2n) is 3.12. The topological polar surface area (TPSA) is 18.5 Å². The lowest BCUT2D eigenvalue weighted by Crippen LogP contribution is -2.05. The van der Waals surface area contributed by atoms with Crippen LogP contribution in [0.1, 0.15) is 25.0 Å². The zero-order valence-electron chi connectivity index (χ0n) is 8.90. The van der Waals surface area contributed by atoms with Crippen LogP contribution in [0.4, 0.5) is 0 Å². The highest BCUT2D eigenvalue weighted by Crippen LogP contribution is 2.19. The van der Waals surface area contributed by atoms with Gasteiger partial charge in [0.05, 0.1) is 6.10 Å². The summed E-state index contributed by atoms with van der Waals surface area (Å²) >= 11 is 0. The van der Waals surface area contributed by atoms with Gasteiger partial charge in [-0.25, -0.2) is 0 Å². The van der Waals surface area contributed by atoms with Crippen molar-refractivity contribution >= 4 is 0 Å². The van der Waals surface area contributed by atoms with Gasteiger partial charge in [-0.05, 0) is 12.5 Å². The van der Waals surface area contributed by atoms with Crippen LogP contribution in [0.25, 0.3) is 0 Å². The molecule has 0 unspecified atom stereocenters. The van der Waals surface area contributed by atoms with Crippen molar-refractivity contribution in [2.75, 3.05) is 20.3 Å². The molecule has 0 N–H and O–H groups in total. The standard InChI is InChI=1S/C12H18O2/c1-3-14-10-9-12(13-2)11-7-5-4-6-8-11/h4-8,12H,3,9-10H2,1-2H3/t12-/m0/s1. The van der Waals surface area contributed by atoms with Gasteiger partial charge in [0.25, 0.3) is 0 Å². The average Bonchev–Trinajstić information content (AvgIpc) is 2.26. The third-order valence-corrected chi connectivity index (χ3v) is 2.18. The largest absolute Gasteiger partial charge is 0.382 e. The molecule has 1 atom stereocenters. The summed E-state index contributed by atoms with van der Waals surface area (Å²) in [6.45, 7) is 3.53. The van der Waals surface area contributed by atoms with Crippen LogP contribution < -0.4 is 0 Å². The van der Waals surface area contributed by atoms with Crippen LogP contribution >= 0.6 is 0 Å². The van der Waals surface area contributed by atoms with Crippen molar-refractivity contribution in [3.8, 4) is 0 Å². The van der Waals surface area contributed by atoms with Gasteiger partial charge in [0.15, 0.2) is 0 Å². The van der Waals surface area contributed by atoms with Gasteiger partial charge < -0.3 is 9.47 Å². The molecule has 0 aliphatic rings. The van der Waals surface area contributed by atoms with Crippen LogP contribution in [0.5, 0.6) is 0 Å². The average molecular weight is 194 g/mol. The van der Waals surface area contributed by atoms with E-state index >= 15 is 0 Å². The molecule has 0 bridgehead atoms. The lowest BCUT2D eigenvalue weighted by atomic mass is 10.1. The first-order valence-electron chi connectivity index (χ1n) is 5.04. The maximum Gasteiger partial charge on any atom is 0.0843 e. The van der Waals surface area contributed by atoms with Gasteiger partial charge in [-0.2, -0.15) is 0 Å². The Morgan fingerprint density at radius 3 is 2.50 bits per heavy atom. The molecule has 0 aromatic heterocycles. The molecule has 78 valence electrons. The summed E-state index contributed by atoms with van der Waals surface area (Å²) in [5.41, 5.74) is 1.22. The van der Waals surface area contributed by atoms with E-state index in [2.05, 4.69) is 12.1 Å². The first kappa shape index (κ1) is 11.2. The molecule has 1 aromatic carbocycles. The van der Waals surface area contributed by atoms with E-state index in [0.717, 1.165) is 19.6 Å². The molecule has 0 amide bonds. The zero-order chi connectivity index (χ0) is 10.2. The molecule has 0 saturated carbocycles. The van der Waals surface area contributed by atoms with Crippen molar-refractivity contribution in [3.63, 3.8) is 0 Å². The number of ether oxygens (including phenoxy) is 2. The Kier molecular flexibility index (Phi) is 5.27. The number of benzene rings is 1. The van der Waals surface area contributed by atoms with E-state index < -0.39 is 0 Å². The van der Waals surface area contributed by atoms with Crippen LogP contribution in [0, 0.1) is 0 Å².